The first-order valence-electron chi connectivity index (χ1n) is 7.67. The van der Waals surface area contributed by atoms with Crippen LogP contribution in [0.5, 0.6) is 0 Å². The van der Waals surface area contributed by atoms with E-state index in [-0.39, 0.29) is 5.82 Å². The van der Waals surface area contributed by atoms with Crippen LogP contribution in [-0.2, 0) is 5.75 Å². The van der Waals surface area contributed by atoms with Crippen molar-refractivity contribution in [2.24, 2.45) is 0 Å². The first-order chi connectivity index (χ1) is 12.7. The van der Waals surface area contributed by atoms with Gasteiger partial charge in [-0.05, 0) is 30.5 Å². The van der Waals surface area contributed by atoms with Gasteiger partial charge < -0.3 is 9.73 Å². The lowest BCUT2D eigenvalue weighted by Gasteiger charge is -2.01. The van der Waals surface area contributed by atoms with Crippen molar-refractivity contribution in [3.05, 3.63) is 59.0 Å². The van der Waals surface area contributed by atoms with E-state index < -0.39 is 0 Å². The highest BCUT2D eigenvalue weighted by molar-refractivity contribution is 8.00. The molecule has 1 N–H and O–H groups in total. The SMILES string of the molecule is Cc1oc(-c2cccs2)nc1CSc1nnc(Nc2ccccc2F)s1. The number of rotatable bonds is 6. The van der Waals surface area contributed by atoms with Crippen LogP contribution in [-0.4, -0.2) is 15.2 Å². The maximum atomic E-state index is 13.7. The van der Waals surface area contributed by atoms with Crippen molar-refractivity contribution in [2.75, 3.05) is 5.32 Å². The number of hydrogen-bond acceptors (Lipinski definition) is 8. The fraction of sp³-hybridized carbons (Fsp3) is 0.118. The van der Waals surface area contributed by atoms with Gasteiger partial charge >= 0.3 is 0 Å². The number of thioether (sulfide) groups is 1. The van der Waals surface area contributed by atoms with Gasteiger partial charge in [0.15, 0.2) is 4.34 Å². The summed E-state index contributed by atoms with van der Waals surface area (Å²) >= 11 is 4.49. The van der Waals surface area contributed by atoms with Crippen molar-refractivity contribution in [1.82, 2.24) is 15.2 Å². The van der Waals surface area contributed by atoms with Crippen LogP contribution in [0.2, 0.25) is 0 Å². The number of aromatic nitrogens is 3. The highest BCUT2D eigenvalue weighted by atomic mass is 32.2. The van der Waals surface area contributed by atoms with E-state index in [0.29, 0.717) is 22.5 Å². The smallest absolute Gasteiger partial charge is 0.236 e. The molecular formula is C17H13FN4OS3. The lowest BCUT2D eigenvalue weighted by Crippen LogP contribution is -1.92. The van der Waals surface area contributed by atoms with Crippen LogP contribution in [0.15, 0.2) is 50.5 Å². The van der Waals surface area contributed by atoms with Crippen molar-refractivity contribution in [2.45, 2.75) is 17.0 Å². The minimum atomic E-state index is -0.323. The van der Waals surface area contributed by atoms with Crippen molar-refractivity contribution in [3.8, 4) is 10.8 Å². The number of hydrogen-bond donors (Lipinski definition) is 1. The molecule has 26 heavy (non-hydrogen) atoms. The van der Waals surface area contributed by atoms with Crippen LogP contribution in [0.1, 0.15) is 11.5 Å². The Morgan fingerprint density at radius 2 is 2.08 bits per heavy atom. The van der Waals surface area contributed by atoms with Gasteiger partial charge in [0.25, 0.3) is 0 Å². The molecule has 0 bridgehead atoms. The molecule has 0 saturated heterocycles. The Bertz CT molecular complexity index is 1010. The molecule has 3 heterocycles. The third kappa shape index (κ3) is 3.79. The first-order valence-corrected chi connectivity index (χ1v) is 10.4. The molecule has 0 aliphatic carbocycles. The fourth-order valence-corrected chi connectivity index (χ4v) is 4.61. The Balaban J connectivity index is 1.41. The summed E-state index contributed by atoms with van der Waals surface area (Å²) in [5.41, 5.74) is 1.27. The van der Waals surface area contributed by atoms with Crippen molar-refractivity contribution < 1.29 is 8.81 Å². The van der Waals surface area contributed by atoms with Gasteiger partial charge in [-0.25, -0.2) is 9.37 Å². The maximum absolute atomic E-state index is 13.7. The average Bonchev–Trinajstić information content (AvgIpc) is 3.36. The summed E-state index contributed by atoms with van der Waals surface area (Å²) in [6.07, 6.45) is 0. The van der Waals surface area contributed by atoms with Gasteiger partial charge in [-0.3, -0.25) is 0 Å². The highest BCUT2D eigenvalue weighted by Crippen LogP contribution is 2.32. The van der Waals surface area contributed by atoms with Gasteiger partial charge in [0.1, 0.15) is 11.6 Å². The van der Waals surface area contributed by atoms with Gasteiger partial charge in [-0.15, -0.1) is 21.5 Å². The van der Waals surface area contributed by atoms with Gasteiger partial charge in [0.2, 0.25) is 11.0 Å². The number of nitrogens with zero attached hydrogens (tertiary/aromatic N) is 3. The summed E-state index contributed by atoms with van der Waals surface area (Å²) < 4.78 is 20.2. The zero-order valence-electron chi connectivity index (χ0n) is 13.6. The fourth-order valence-electron chi connectivity index (χ4n) is 2.19. The van der Waals surface area contributed by atoms with Gasteiger partial charge in [-0.2, -0.15) is 0 Å². The number of anilines is 2. The summed E-state index contributed by atoms with van der Waals surface area (Å²) in [7, 11) is 0. The van der Waals surface area contributed by atoms with Crippen LogP contribution < -0.4 is 5.32 Å². The number of oxazole rings is 1. The summed E-state index contributed by atoms with van der Waals surface area (Å²) in [6, 6.07) is 10.4. The molecule has 4 rings (SSSR count). The molecule has 0 atom stereocenters. The molecule has 4 aromatic rings. The van der Waals surface area contributed by atoms with Gasteiger partial charge in [0.05, 0.1) is 16.3 Å². The van der Waals surface area contributed by atoms with Crippen LogP contribution in [0, 0.1) is 12.7 Å². The number of aryl methyl sites for hydroxylation is 1. The number of para-hydroxylation sites is 1. The highest BCUT2D eigenvalue weighted by Gasteiger charge is 2.14. The zero-order valence-corrected chi connectivity index (χ0v) is 16.1. The van der Waals surface area contributed by atoms with Crippen molar-refractivity contribution in [3.63, 3.8) is 0 Å². The van der Waals surface area contributed by atoms with E-state index in [1.54, 1.807) is 29.5 Å². The molecule has 5 nitrogen and oxygen atoms in total. The van der Waals surface area contributed by atoms with E-state index in [2.05, 4.69) is 20.5 Å². The van der Waals surface area contributed by atoms with E-state index in [9.17, 15) is 4.39 Å². The van der Waals surface area contributed by atoms with E-state index in [0.717, 1.165) is 20.7 Å². The van der Waals surface area contributed by atoms with Gasteiger partial charge in [-0.1, -0.05) is 41.3 Å². The third-order valence-corrected chi connectivity index (χ3v) is 6.32. The summed E-state index contributed by atoms with van der Waals surface area (Å²) in [5, 5.41) is 13.7. The molecule has 0 radical (unpaired) electrons. The summed E-state index contributed by atoms with van der Waals surface area (Å²) in [6.45, 7) is 1.91. The molecule has 0 spiro atoms. The monoisotopic (exact) mass is 404 g/mol. The second kappa shape index (κ2) is 7.56. The summed E-state index contributed by atoms with van der Waals surface area (Å²) in [5.74, 6) is 1.76. The van der Waals surface area contributed by atoms with Crippen LogP contribution >= 0.6 is 34.4 Å². The maximum Gasteiger partial charge on any atom is 0.236 e. The molecule has 132 valence electrons. The van der Waals surface area contributed by atoms with Crippen molar-refractivity contribution in [1.29, 1.82) is 0 Å². The average molecular weight is 405 g/mol. The predicted octanol–water partition coefficient (Wildman–Crippen LogP) is 5.74. The van der Waals surface area contributed by atoms with Crippen LogP contribution in [0.4, 0.5) is 15.2 Å². The van der Waals surface area contributed by atoms with E-state index in [1.807, 2.05) is 24.4 Å². The molecule has 0 amide bonds. The number of thiophene rings is 1. The van der Waals surface area contributed by atoms with Crippen molar-refractivity contribution >= 4 is 45.3 Å². The molecular weight excluding hydrogens is 391 g/mol. The third-order valence-electron chi connectivity index (χ3n) is 3.48. The molecule has 0 aliphatic rings. The van der Waals surface area contributed by atoms with Crippen LogP contribution in [0.25, 0.3) is 10.8 Å². The quantitative estimate of drug-likeness (QED) is 0.414. The zero-order chi connectivity index (χ0) is 17.9. The van der Waals surface area contributed by atoms with Gasteiger partial charge in [0, 0.05) is 5.75 Å². The van der Waals surface area contributed by atoms with Crippen LogP contribution in [0.3, 0.4) is 0 Å². The number of nitrogens with one attached hydrogen (secondary N) is 1. The Kier molecular flexibility index (Phi) is 5.00. The topological polar surface area (TPSA) is 63.8 Å². The first kappa shape index (κ1) is 17.2. The lowest BCUT2D eigenvalue weighted by molar-refractivity contribution is 0.542. The lowest BCUT2D eigenvalue weighted by atomic mass is 10.3. The summed E-state index contributed by atoms with van der Waals surface area (Å²) in [4.78, 5) is 5.58. The largest absolute Gasteiger partial charge is 0.440 e. The Morgan fingerprint density at radius 3 is 2.88 bits per heavy atom. The molecule has 0 fully saturated rings. The predicted molar refractivity (Wildman–Crippen MR) is 104 cm³/mol. The second-order valence-electron chi connectivity index (χ2n) is 5.27. The molecule has 0 unspecified atom stereocenters. The molecule has 9 heteroatoms. The Hall–Kier alpha value is -2.23. The minimum Gasteiger partial charge on any atom is -0.440 e. The standard InChI is InChI=1S/C17H13FN4OS3/c1-10-13(19-15(23-10)14-7-4-8-24-14)9-25-17-22-21-16(26-17)20-12-6-3-2-5-11(12)18/h2-8H,9H2,1H3,(H,20,21). The van der Waals surface area contributed by atoms with E-state index >= 15 is 0 Å². The second-order valence-corrected chi connectivity index (χ2v) is 8.41. The van der Waals surface area contributed by atoms with E-state index in [4.69, 9.17) is 4.42 Å². The molecule has 0 saturated carbocycles. The molecule has 1 aromatic carbocycles. The molecule has 0 aliphatic heterocycles. The van der Waals surface area contributed by atoms with E-state index in [1.165, 1.54) is 29.2 Å². The Morgan fingerprint density at radius 1 is 1.19 bits per heavy atom. The minimum absolute atomic E-state index is 0.323. The Labute approximate surface area is 161 Å². The normalized spacial score (nSPS) is 11.0. The number of benzene rings is 1. The number of halogens is 1. The molecule has 3 aromatic heterocycles.